The predicted octanol–water partition coefficient (Wildman–Crippen LogP) is 3.61. The Morgan fingerprint density at radius 3 is 2.58 bits per heavy atom. The van der Waals surface area contributed by atoms with Gasteiger partial charge in [-0.15, -0.1) is 0 Å². The van der Waals surface area contributed by atoms with E-state index in [-0.39, 0.29) is 18.8 Å². The molecule has 1 N–H and O–H groups in total. The zero-order valence-corrected chi connectivity index (χ0v) is 14.9. The SMILES string of the molecule is Cc1ccccc1C(c1ccc2c(c1)OCO2)N1CCC(C(=O)O)CC1. The normalized spacial score (nSPS) is 18.7. The second-order valence-corrected chi connectivity index (χ2v) is 7.02. The second-order valence-electron chi connectivity index (χ2n) is 7.02. The van der Waals surface area contributed by atoms with Gasteiger partial charge in [-0.1, -0.05) is 30.3 Å². The van der Waals surface area contributed by atoms with Gasteiger partial charge in [0.25, 0.3) is 0 Å². The molecule has 1 atom stereocenters. The molecule has 0 radical (unpaired) electrons. The first-order chi connectivity index (χ1) is 12.6. The van der Waals surface area contributed by atoms with Crippen molar-refractivity contribution in [2.24, 2.45) is 5.92 Å². The first-order valence-electron chi connectivity index (χ1n) is 9.05. The van der Waals surface area contributed by atoms with Crippen molar-refractivity contribution in [3.8, 4) is 11.5 Å². The number of carboxylic acid groups (broad SMARTS) is 1. The van der Waals surface area contributed by atoms with E-state index in [4.69, 9.17) is 9.47 Å². The molecule has 26 heavy (non-hydrogen) atoms. The van der Waals surface area contributed by atoms with Crippen molar-refractivity contribution in [3.05, 3.63) is 59.2 Å². The van der Waals surface area contributed by atoms with Crippen LogP contribution in [0.5, 0.6) is 11.5 Å². The summed E-state index contributed by atoms with van der Waals surface area (Å²) in [6.07, 6.45) is 1.37. The Morgan fingerprint density at radius 1 is 1.12 bits per heavy atom. The lowest BCUT2D eigenvalue weighted by Gasteiger charge is -2.37. The van der Waals surface area contributed by atoms with Crippen LogP contribution < -0.4 is 9.47 Å². The second kappa shape index (κ2) is 7.00. The van der Waals surface area contributed by atoms with Crippen molar-refractivity contribution in [1.29, 1.82) is 0 Å². The molecule has 136 valence electrons. The highest BCUT2D eigenvalue weighted by atomic mass is 16.7. The predicted molar refractivity (Wildman–Crippen MR) is 97.5 cm³/mol. The summed E-state index contributed by atoms with van der Waals surface area (Å²) >= 11 is 0. The molecule has 1 saturated heterocycles. The van der Waals surface area contributed by atoms with Crippen molar-refractivity contribution >= 4 is 5.97 Å². The topological polar surface area (TPSA) is 59.0 Å². The molecule has 1 fully saturated rings. The van der Waals surface area contributed by atoms with Gasteiger partial charge in [0.15, 0.2) is 11.5 Å². The van der Waals surface area contributed by atoms with Crippen LogP contribution >= 0.6 is 0 Å². The molecule has 2 heterocycles. The summed E-state index contributed by atoms with van der Waals surface area (Å²) in [5.74, 6) is 0.643. The molecule has 5 heteroatoms. The van der Waals surface area contributed by atoms with Crippen LogP contribution in [0.25, 0.3) is 0 Å². The van der Waals surface area contributed by atoms with Gasteiger partial charge < -0.3 is 14.6 Å². The van der Waals surface area contributed by atoms with Crippen LogP contribution in [0.3, 0.4) is 0 Å². The number of carbonyl (C=O) groups is 1. The summed E-state index contributed by atoms with van der Waals surface area (Å²) in [5.41, 5.74) is 3.63. The molecule has 5 nitrogen and oxygen atoms in total. The number of aliphatic carboxylic acids is 1. The fourth-order valence-corrected chi connectivity index (χ4v) is 3.97. The number of ether oxygens (including phenoxy) is 2. The number of hydrogen-bond acceptors (Lipinski definition) is 4. The van der Waals surface area contributed by atoms with Gasteiger partial charge in [0, 0.05) is 0 Å². The lowest BCUT2D eigenvalue weighted by atomic mass is 9.89. The molecule has 0 aliphatic carbocycles. The molecule has 2 aromatic rings. The van der Waals surface area contributed by atoms with Gasteiger partial charge in [0.2, 0.25) is 6.79 Å². The van der Waals surface area contributed by atoms with Crippen molar-refractivity contribution in [2.45, 2.75) is 25.8 Å². The van der Waals surface area contributed by atoms with E-state index in [1.165, 1.54) is 11.1 Å². The Bertz CT molecular complexity index is 811. The number of rotatable bonds is 4. The third-order valence-electron chi connectivity index (χ3n) is 5.44. The van der Waals surface area contributed by atoms with Gasteiger partial charge in [-0.25, -0.2) is 0 Å². The Labute approximate surface area is 153 Å². The number of nitrogens with zero attached hydrogens (tertiary/aromatic N) is 1. The van der Waals surface area contributed by atoms with E-state index in [0.717, 1.165) is 30.2 Å². The lowest BCUT2D eigenvalue weighted by Crippen LogP contribution is -2.39. The molecule has 4 rings (SSSR count). The van der Waals surface area contributed by atoms with Crippen LogP contribution in [-0.2, 0) is 4.79 Å². The van der Waals surface area contributed by atoms with Crippen molar-refractivity contribution in [2.75, 3.05) is 19.9 Å². The van der Waals surface area contributed by atoms with Crippen molar-refractivity contribution in [3.63, 3.8) is 0 Å². The molecular weight excluding hydrogens is 330 g/mol. The number of carboxylic acids is 1. The summed E-state index contributed by atoms with van der Waals surface area (Å²) in [5, 5.41) is 9.30. The largest absolute Gasteiger partial charge is 0.481 e. The highest BCUT2D eigenvalue weighted by molar-refractivity contribution is 5.70. The molecule has 0 spiro atoms. The van der Waals surface area contributed by atoms with Crippen molar-refractivity contribution in [1.82, 2.24) is 4.90 Å². The third-order valence-corrected chi connectivity index (χ3v) is 5.44. The van der Waals surface area contributed by atoms with E-state index in [0.29, 0.717) is 12.8 Å². The van der Waals surface area contributed by atoms with Crippen LogP contribution in [-0.4, -0.2) is 35.9 Å². The minimum Gasteiger partial charge on any atom is -0.481 e. The van der Waals surface area contributed by atoms with Crippen LogP contribution in [0.15, 0.2) is 42.5 Å². The monoisotopic (exact) mass is 353 g/mol. The average Bonchev–Trinajstić information content (AvgIpc) is 3.12. The first kappa shape index (κ1) is 16.9. The van der Waals surface area contributed by atoms with Gasteiger partial charge in [0.1, 0.15) is 0 Å². The summed E-state index contributed by atoms with van der Waals surface area (Å²) in [4.78, 5) is 13.7. The third kappa shape index (κ3) is 3.15. The van der Waals surface area contributed by atoms with Crippen LogP contribution in [0.1, 0.15) is 35.6 Å². The van der Waals surface area contributed by atoms with Crippen LogP contribution in [0, 0.1) is 12.8 Å². The zero-order valence-electron chi connectivity index (χ0n) is 14.9. The molecule has 1 unspecified atom stereocenters. The fourth-order valence-electron chi connectivity index (χ4n) is 3.97. The number of likely N-dealkylation sites (tertiary alicyclic amines) is 1. The van der Waals surface area contributed by atoms with E-state index < -0.39 is 5.97 Å². The number of piperidine rings is 1. The highest BCUT2D eigenvalue weighted by Crippen LogP contribution is 2.39. The summed E-state index contributed by atoms with van der Waals surface area (Å²) in [6, 6.07) is 14.6. The summed E-state index contributed by atoms with van der Waals surface area (Å²) in [7, 11) is 0. The summed E-state index contributed by atoms with van der Waals surface area (Å²) in [6.45, 7) is 3.92. The van der Waals surface area contributed by atoms with Gasteiger partial charge in [-0.3, -0.25) is 9.69 Å². The number of fused-ring (bicyclic) bond motifs is 1. The van der Waals surface area contributed by atoms with Crippen LogP contribution in [0.2, 0.25) is 0 Å². The summed E-state index contributed by atoms with van der Waals surface area (Å²) < 4.78 is 11.0. The maximum absolute atomic E-state index is 11.3. The molecule has 0 amide bonds. The van der Waals surface area contributed by atoms with E-state index in [1.807, 2.05) is 12.1 Å². The number of aryl methyl sites for hydroxylation is 1. The van der Waals surface area contributed by atoms with Gasteiger partial charge in [0.05, 0.1) is 12.0 Å². The lowest BCUT2D eigenvalue weighted by molar-refractivity contribution is -0.143. The minimum absolute atomic E-state index is 0.0837. The molecule has 0 saturated carbocycles. The van der Waals surface area contributed by atoms with E-state index in [1.54, 1.807) is 0 Å². The molecular formula is C21H23NO4. The Morgan fingerprint density at radius 2 is 1.85 bits per heavy atom. The van der Waals surface area contributed by atoms with Crippen molar-refractivity contribution < 1.29 is 19.4 Å². The van der Waals surface area contributed by atoms with E-state index in [2.05, 4.69) is 42.2 Å². The molecule has 0 bridgehead atoms. The van der Waals surface area contributed by atoms with Crippen LogP contribution in [0.4, 0.5) is 0 Å². The van der Waals surface area contributed by atoms with Gasteiger partial charge in [-0.05, 0) is 61.7 Å². The fraction of sp³-hybridized carbons (Fsp3) is 0.381. The smallest absolute Gasteiger partial charge is 0.306 e. The first-order valence-corrected chi connectivity index (χ1v) is 9.05. The molecule has 2 aliphatic heterocycles. The average molecular weight is 353 g/mol. The van der Waals surface area contributed by atoms with E-state index >= 15 is 0 Å². The Hall–Kier alpha value is -2.53. The quantitative estimate of drug-likeness (QED) is 0.910. The maximum Gasteiger partial charge on any atom is 0.306 e. The number of benzene rings is 2. The maximum atomic E-state index is 11.3. The zero-order chi connectivity index (χ0) is 18.1. The standard InChI is InChI=1S/C21H23NO4/c1-14-4-2-3-5-17(14)20(22-10-8-15(9-11-22)21(23)24)16-6-7-18-19(12-16)26-13-25-18/h2-7,12,15,20H,8-11,13H2,1H3,(H,23,24). The molecule has 2 aliphatic rings. The van der Waals surface area contributed by atoms with E-state index in [9.17, 15) is 9.90 Å². The Balaban J connectivity index is 1.69. The molecule has 0 aromatic heterocycles. The minimum atomic E-state index is -0.680. The Kier molecular flexibility index (Phi) is 4.55. The number of hydrogen-bond donors (Lipinski definition) is 1. The van der Waals surface area contributed by atoms with Gasteiger partial charge >= 0.3 is 5.97 Å². The highest BCUT2D eigenvalue weighted by Gasteiger charge is 2.31. The molecule has 2 aromatic carbocycles. The van der Waals surface area contributed by atoms with Gasteiger partial charge in [-0.2, -0.15) is 0 Å².